The Morgan fingerprint density at radius 1 is 0.765 bits per heavy atom. The number of nitrogens with one attached hydrogen (secondary N) is 3. The Kier molecular flexibility index (Phi) is 14.1. The van der Waals surface area contributed by atoms with Crippen LogP contribution >= 0.6 is 0 Å². The zero-order chi connectivity index (χ0) is 26.4. The summed E-state index contributed by atoms with van der Waals surface area (Å²) in [5, 5.41) is 33.9. The number of carboxylic acid groups (broad SMARTS) is 3. The van der Waals surface area contributed by atoms with Crippen molar-refractivity contribution in [1.29, 1.82) is 0 Å². The van der Waals surface area contributed by atoms with Gasteiger partial charge in [0.1, 0.15) is 18.1 Å². The van der Waals surface area contributed by atoms with Gasteiger partial charge in [-0.25, -0.2) is 4.79 Å². The fraction of sp³-hybridized carbons (Fsp3) is 0.700. The zero-order valence-electron chi connectivity index (χ0n) is 19.3. The van der Waals surface area contributed by atoms with E-state index in [9.17, 15) is 33.9 Å². The summed E-state index contributed by atoms with van der Waals surface area (Å²) in [5.41, 5.74) is 11.0. The summed E-state index contributed by atoms with van der Waals surface area (Å²) in [6.45, 7) is 3.54. The molecule has 0 bridgehead atoms. The van der Waals surface area contributed by atoms with Gasteiger partial charge in [-0.2, -0.15) is 0 Å². The van der Waals surface area contributed by atoms with E-state index in [1.54, 1.807) is 13.8 Å². The average molecular weight is 490 g/mol. The molecule has 4 atom stereocenters. The minimum absolute atomic E-state index is 0.136. The van der Waals surface area contributed by atoms with E-state index in [4.69, 9.17) is 21.7 Å². The summed E-state index contributed by atoms with van der Waals surface area (Å²) in [7, 11) is 0. The van der Waals surface area contributed by atoms with Crippen LogP contribution in [0.15, 0.2) is 0 Å². The van der Waals surface area contributed by atoms with Crippen molar-refractivity contribution >= 4 is 35.6 Å². The Hall–Kier alpha value is -3.26. The summed E-state index contributed by atoms with van der Waals surface area (Å²) in [6.07, 6.45) is -0.364. The molecular weight excluding hydrogens is 454 g/mol. The lowest BCUT2D eigenvalue weighted by Crippen LogP contribution is -2.58. The summed E-state index contributed by atoms with van der Waals surface area (Å²) in [6, 6.07) is -5.20. The number of carbonyl (C=O) groups excluding carboxylic acids is 3. The number of carboxylic acids is 3. The van der Waals surface area contributed by atoms with Gasteiger partial charge in [0.25, 0.3) is 0 Å². The quantitative estimate of drug-likeness (QED) is 0.103. The number of hydrogen-bond donors (Lipinski definition) is 8. The molecule has 0 aromatic carbocycles. The number of unbranched alkanes of at least 4 members (excludes halogenated alkanes) is 1. The first-order valence-electron chi connectivity index (χ1n) is 10.8. The van der Waals surface area contributed by atoms with E-state index in [1.807, 2.05) is 0 Å². The maximum Gasteiger partial charge on any atom is 0.326 e. The number of amides is 3. The van der Waals surface area contributed by atoms with Gasteiger partial charge in [-0.15, -0.1) is 0 Å². The Morgan fingerprint density at radius 2 is 1.35 bits per heavy atom. The second-order valence-corrected chi connectivity index (χ2v) is 8.11. The highest BCUT2D eigenvalue weighted by atomic mass is 16.4. The van der Waals surface area contributed by atoms with Gasteiger partial charge in [-0.3, -0.25) is 24.0 Å². The van der Waals surface area contributed by atoms with E-state index in [1.165, 1.54) is 0 Å². The van der Waals surface area contributed by atoms with Crippen LogP contribution in [0.2, 0.25) is 0 Å². The summed E-state index contributed by atoms with van der Waals surface area (Å²) in [5.74, 6) is -6.89. The molecule has 0 fully saturated rings. The lowest BCUT2D eigenvalue weighted by atomic mass is 10.0. The molecule has 0 aliphatic rings. The summed E-state index contributed by atoms with van der Waals surface area (Å²) >= 11 is 0. The minimum atomic E-state index is -1.48. The van der Waals surface area contributed by atoms with E-state index in [0.717, 1.165) is 0 Å². The van der Waals surface area contributed by atoms with Crippen molar-refractivity contribution in [2.45, 2.75) is 76.5 Å². The number of carbonyl (C=O) groups is 6. The van der Waals surface area contributed by atoms with Gasteiger partial charge in [-0.1, -0.05) is 13.8 Å². The maximum atomic E-state index is 12.9. The number of rotatable bonds is 17. The highest BCUT2D eigenvalue weighted by Gasteiger charge is 2.32. The lowest BCUT2D eigenvalue weighted by Gasteiger charge is -2.27. The molecule has 0 rings (SSSR count). The molecule has 3 amide bonds. The molecular formula is C20H35N5O9. The Morgan fingerprint density at radius 3 is 1.82 bits per heavy atom. The van der Waals surface area contributed by atoms with Crippen molar-refractivity contribution < 1.29 is 44.1 Å². The largest absolute Gasteiger partial charge is 0.481 e. The summed E-state index contributed by atoms with van der Waals surface area (Å²) in [4.78, 5) is 70.7. The molecule has 0 aromatic heterocycles. The zero-order valence-corrected chi connectivity index (χ0v) is 19.3. The normalized spacial score (nSPS) is 14.4. The van der Waals surface area contributed by atoms with Gasteiger partial charge >= 0.3 is 17.9 Å². The first kappa shape index (κ1) is 30.7. The van der Waals surface area contributed by atoms with Gasteiger partial charge in [-0.05, 0) is 38.1 Å². The lowest BCUT2D eigenvalue weighted by molar-refractivity contribution is -0.143. The molecule has 0 radical (unpaired) electrons. The highest BCUT2D eigenvalue weighted by Crippen LogP contribution is 2.08. The van der Waals surface area contributed by atoms with Crippen molar-refractivity contribution in [1.82, 2.24) is 16.0 Å². The third-order valence-corrected chi connectivity index (χ3v) is 4.82. The SMILES string of the molecule is CC(C)C(NC(=O)C(CCCCN)NC(=O)C(N)CC(=O)O)C(=O)NC(CCC(=O)O)C(=O)O. The standard InChI is InChI=1S/C20H35N5O9/c1-10(2)16(19(32)24-13(20(33)34)6-7-14(26)27)25-18(31)12(5-3-4-8-21)23-17(30)11(22)9-15(28)29/h10-13,16H,3-9,21-22H2,1-2H3,(H,23,30)(H,24,32)(H,25,31)(H,26,27)(H,28,29)(H,33,34). The van der Waals surface area contributed by atoms with Crippen molar-refractivity contribution in [3.05, 3.63) is 0 Å². The molecule has 34 heavy (non-hydrogen) atoms. The number of hydrogen-bond acceptors (Lipinski definition) is 8. The molecule has 10 N–H and O–H groups in total. The highest BCUT2D eigenvalue weighted by molar-refractivity contribution is 5.94. The van der Waals surface area contributed by atoms with E-state index >= 15 is 0 Å². The Balaban J connectivity index is 5.44. The smallest absolute Gasteiger partial charge is 0.326 e. The molecule has 0 saturated heterocycles. The van der Waals surface area contributed by atoms with Crippen molar-refractivity contribution in [2.75, 3.05) is 6.54 Å². The predicted molar refractivity (Wildman–Crippen MR) is 118 cm³/mol. The van der Waals surface area contributed by atoms with Crippen molar-refractivity contribution in [3.8, 4) is 0 Å². The molecule has 4 unspecified atom stereocenters. The molecule has 0 aliphatic heterocycles. The van der Waals surface area contributed by atoms with Crippen LogP contribution in [-0.2, 0) is 28.8 Å². The molecule has 194 valence electrons. The molecule has 14 heteroatoms. The minimum Gasteiger partial charge on any atom is -0.481 e. The first-order valence-corrected chi connectivity index (χ1v) is 10.8. The van der Waals surface area contributed by atoms with E-state index in [2.05, 4.69) is 16.0 Å². The second-order valence-electron chi connectivity index (χ2n) is 8.11. The van der Waals surface area contributed by atoms with E-state index in [0.29, 0.717) is 19.4 Å². The van der Waals surface area contributed by atoms with Crippen LogP contribution in [0.4, 0.5) is 0 Å². The van der Waals surface area contributed by atoms with Crippen LogP contribution in [0.1, 0.15) is 52.4 Å². The second kappa shape index (κ2) is 15.6. The number of nitrogens with two attached hydrogens (primary N) is 2. The van der Waals surface area contributed by atoms with Crippen LogP contribution in [0.3, 0.4) is 0 Å². The van der Waals surface area contributed by atoms with E-state index < -0.39 is 78.6 Å². The molecule has 0 spiro atoms. The topological polar surface area (TPSA) is 251 Å². The van der Waals surface area contributed by atoms with Crippen molar-refractivity contribution in [3.63, 3.8) is 0 Å². The molecule has 0 heterocycles. The third-order valence-electron chi connectivity index (χ3n) is 4.82. The van der Waals surface area contributed by atoms with Crippen LogP contribution in [0.5, 0.6) is 0 Å². The fourth-order valence-corrected chi connectivity index (χ4v) is 2.90. The van der Waals surface area contributed by atoms with Crippen molar-refractivity contribution in [2.24, 2.45) is 17.4 Å². The van der Waals surface area contributed by atoms with Crippen LogP contribution in [-0.4, -0.2) is 81.7 Å². The average Bonchev–Trinajstić information content (AvgIpc) is 2.72. The molecule has 0 saturated carbocycles. The molecule has 0 aromatic rings. The van der Waals surface area contributed by atoms with Gasteiger partial charge in [0.15, 0.2) is 0 Å². The van der Waals surface area contributed by atoms with Gasteiger partial charge in [0.2, 0.25) is 17.7 Å². The molecule has 14 nitrogen and oxygen atoms in total. The van der Waals surface area contributed by atoms with Gasteiger partial charge in [0.05, 0.1) is 12.5 Å². The van der Waals surface area contributed by atoms with E-state index in [-0.39, 0.29) is 12.8 Å². The third kappa shape index (κ3) is 12.1. The van der Waals surface area contributed by atoms with Gasteiger partial charge in [0, 0.05) is 6.42 Å². The predicted octanol–water partition coefficient (Wildman–Crippen LogP) is -2.02. The number of aliphatic carboxylic acids is 3. The summed E-state index contributed by atoms with van der Waals surface area (Å²) < 4.78 is 0. The Labute approximate surface area is 196 Å². The van der Waals surface area contributed by atoms with Crippen LogP contribution < -0.4 is 27.4 Å². The fourth-order valence-electron chi connectivity index (χ4n) is 2.90. The monoisotopic (exact) mass is 489 g/mol. The maximum absolute atomic E-state index is 12.9. The van der Waals surface area contributed by atoms with Crippen LogP contribution in [0.25, 0.3) is 0 Å². The Bertz CT molecular complexity index is 744. The van der Waals surface area contributed by atoms with Crippen LogP contribution in [0, 0.1) is 5.92 Å². The first-order chi connectivity index (χ1) is 15.8. The van der Waals surface area contributed by atoms with Gasteiger partial charge < -0.3 is 42.7 Å². The molecule has 0 aliphatic carbocycles.